The predicted octanol–water partition coefficient (Wildman–Crippen LogP) is 3.31. The number of benzene rings is 1. The lowest BCUT2D eigenvalue weighted by Gasteiger charge is -2.35. The Labute approximate surface area is 172 Å². The van der Waals surface area contributed by atoms with E-state index in [0.29, 0.717) is 31.8 Å². The molecule has 1 N–H and O–H groups in total. The van der Waals surface area contributed by atoms with Gasteiger partial charge in [-0.05, 0) is 37.3 Å². The Bertz CT molecular complexity index is 826. The second kappa shape index (κ2) is 9.25. The quantitative estimate of drug-likeness (QED) is 0.817. The zero-order chi connectivity index (χ0) is 20.1. The van der Waals surface area contributed by atoms with Gasteiger partial charge in [-0.25, -0.2) is 4.68 Å². The SMILES string of the molecule is O=C(NCc1cnn(-c2ccccc2)c1)C1CCC(=O)N(CC2CCCCC2)C1. The molecule has 0 radical (unpaired) electrons. The molecule has 1 saturated carbocycles. The maximum absolute atomic E-state index is 12.7. The van der Waals surface area contributed by atoms with Crippen molar-refractivity contribution in [3.63, 3.8) is 0 Å². The van der Waals surface area contributed by atoms with Crippen LogP contribution in [0.2, 0.25) is 0 Å². The number of nitrogens with zero attached hydrogens (tertiary/aromatic N) is 3. The first-order valence-corrected chi connectivity index (χ1v) is 10.8. The normalized spacial score (nSPS) is 20.6. The van der Waals surface area contributed by atoms with Gasteiger partial charge in [-0.1, -0.05) is 37.5 Å². The van der Waals surface area contributed by atoms with E-state index in [2.05, 4.69) is 10.4 Å². The molecule has 1 aromatic carbocycles. The molecule has 154 valence electrons. The molecule has 1 atom stereocenters. The molecule has 1 aliphatic carbocycles. The molecule has 1 aromatic heterocycles. The number of para-hydroxylation sites is 1. The first-order valence-electron chi connectivity index (χ1n) is 10.8. The van der Waals surface area contributed by atoms with E-state index in [9.17, 15) is 9.59 Å². The fraction of sp³-hybridized carbons (Fsp3) is 0.522. The van der Waals surface area contributed by atoms with Crippen molar-refractivity contribution >= 4 is 11.8 Å². The lowest BCUT2D eigenvalue weighted by Crippen LogP contribution is -2.47. The minimum Gasteiger partial charge on any atom is -0.352 e. The molecule has 2 aliphatic rings. The Morgan fingerprint density at radius 1 is 1.10 bits per heavy atom. The maximum atomic E-state index is 12.7. The molecule has 1 unspecified atom stereocenters. The van der Waals surface area contributed by atoms with Crippen molar-refractivity contribution in [3.8, 4) is 5.69 Å². The van der Waals surface area contributed by atoms with Crippen molar-refractivity contribution in [2.75, 3.05) is 13.1 Å². The fourth-order valence-electron chi connectivity index (χ4n) is 4.49. The minimum atomic E-state index is -0.111. The van der Waals surface area contributed by atoms with Crippen LogP contribution in [0.25, 0.3) is 5.69 Å². The number of hydrogen-bond acceptors (Lipinski definition) is 3. The summed E-state index contributed by atoms with van der Waals surface area (Å²) in [6.07, 6.45) is 11.1. The van der Waals surface area contributed by atoms with E-state index in [1.165, 1.54) is 32.1 Å². The summed E-state index contributed by atoms with van der Waals surface area (Å²) < 4.78 is 1.81. The summed E-state index contributed by atoms with van der Waals surface area (Å²) in [5, 5.41) is 7.42. The van der Waals surface area contributed by atoms with Crippen LogP contribution in [-0.4, -0.2) is 39.6 Å². The molecule has 2 aromatic rings. The van der Waals surface area contributed by atoms with Gasteiger partial charge < -0.3 is 10.2 Å². The number of carbonyl (C=O) groups is 2. The summed E-state index contributed by atoms with van der Waals surface area (Å²) in [5.41, 5.74) is 1.96. The van der Waals surface area contributed by atoms with Crippen LogP contribution >= 0.6 is 0 Å². The van der Waals surface area contributed by atoms with E-state index in [4.69, 9.17) is 0 Å². The predicted molar refractivity (Wildman–Crippen MR) is 111 cm³/mol. The third kappa shape index (κ3) is 5.05. The topological polar surface area (TPSA) is 67.2 Å². The highest BCUT2D eigenvalue weighted by Gasteiger charge is 2.31. The molecule has 4 rings (SSSR count). The fourth-order valence-corrected chi connectivity index (χ4v) is 4.49. The van der Waals surface area contributed by atoms with E-state index >= 15 is 0 Å². The van der Waals surface area contributed by atoms with Crippen LogP contribution in [-0.2, 0) is 16.1 Å². The van der Waals surface area contributed by atoms with Gasteiger partial charge in [-0.3, -0.25) is 9.59 Å². The van der Waals surface area contributed by atoms with Gasteiger partial charge in [0.1, 0.15) is 0 Å². The number of amides is 2. The van der Waals surface area contributed by atoms with E-state index in [0.717, 1.165) is 17.8 Å². The molecule has 1 saturated heterocycles. The summed E-state index contributed by atoms with van der Waals surface area (Å²) in [5.74, 6) is 0.751. The molecule has 2 heterocycles. The smallest absolute Gasteiger partial charge is 0.225 e. The highest BCUT2D eigenvalue weighted by molar-refractivity contribution is 5.83. The largest absolute Gasteiger partial charge is 0.352 e. The molecule has 0 bridgehead atoms. The lowest BCUT2D eigenvalue weighted by atomic mass is 9.87. The van der Waals surface area contributed by atoms with Crippen LogP contribution in [0.4, 0.5) is 0 Å². The number of rotatable bonds is 6. The van der Waals surface area contributed by atoms with E-state index in [1.807, 2.05) is 46.1 Å². The van der Waals surface area contributed by atoms with Crippen LogP contribution in [0.3, 0.4) is 0 Å². The molecular formula is C23H30N4O2. The maximum Gasteiger partial charge on any atom is 0.225 e. The van der Waals surface area contributed by atoms with Gasteiger partial charge in [-0.15, -0.1) is 0 Å². The Kier molecular flexibility index (Phi) is 6.27. The van der Waals surface area contributed by atoms with Gasteiger partial charge in [0.25, 0.3) is 0 Å². The summed E-state index contributed by atoms with van der Waals surface area (Å²) in [7, 11) is 0. The molecule has 6 heteroatoms. The lowest BCUT2D eigenvalue weighted by molar-refractivity contribution is -0.139. The van der Waals surface area contributed by atoms with Crippen molar-refractivity contribution in [1.29, 1.82) is 0 Å². The number of piperidine rings is 1. The number of likely N-dealkylation sites (tertiary alicyclic amines) is 1. The van der Waals surface area contributed by atoms with Crippen LogP contribution < -0.4 is 5.32 Å². The number of carbonyl (C=O) groups excluding carboxylic acids is 2. The second-order valence-corrected chi connectivity index (χ2v) is 8.38. The summed E-state index contributed by atoms with van der Waals surface area (Å²) in [6.45, 7) is 1.84. The van der Waals surface area contributed by atoms with Crippen molar-refractivity contribution in [2.45, 2.75) is 51.5 Å². The monoisotopic (exact) mass is 394 g/mol. The Morgan fingerprint density at radius 3 is 2.69 bits per heavy atom. The van der Waals surface area contributed by atoms with Gasteiger partial charge in [-0.2, -0.15) is 5.10 Å². The van der Waals surface area contributed by atoms with E-state index in [-0.39, 0.29) is 17.7 Å². The van der Waals surface area contributed by atoms with E-state index in [1.54, 1.807) is 6.20 Å². The summed E-state index contributed by atoms with van der Waals surface area (Å²) in [6, 6.07) is 9.91. The average Bonchev–Trinajstić information content (AvgIpc) is 3.24. The molecule has 2 fully saturated rings. The molecule has 1 aliphatic heterocycles. The van der Waals surface area contributed by atoms with Crippen molar-refractivity contribution in [2.24, 2.45) is 11.8 Å². The molecule has 2 amide bonds. The van der Waals surface area contributed by atoms with Crippen LogP contribution in [0.15, 0.2) is 42.7 Å². The number of hydrogen-bond donors (Lipinski definition) is 1. The van der Waals surface area contributed by atoms with Gasteiger partial charge in [0.05, 0.1) is 17.8 Å². The first kappa shape index (κ1) is 19.7. The third-order valence-corrected chi connectivity index (χ3v) is 6.20. The molecule has 6 nitrogen and oxygen atoms in total. The van der Waals surface area contributed by atoms with Crippen molar-refractivity contribution in [1.82, 2.24) is 20.0 Å². The Morgan fingerprint density at radius 2 is 1.90 bits per heavy atom. The van der Waals surface area contributed by atoms with Crippen molar-refractivity contribution < 1.29 is 9.59 Å². The molecular weight excluding hydrogens is 364 g/mol. The highest BCUT2D eigenvalue weighted by atomic mass is 16.2. The number of aromatic nitrogens is 2. The van der Waals surface area contributed by atoms with Gasteiger partial charge in [0.15, 0.2) is 0 Å². The second-order valence-electron chi connectivity index (χ2n) is 8.38. The minimum absolute atomic E-state index is 0.0404. The summed E-state index contributed by atoms with van der Waals surface area (Å²) >= 11 is 0. The average molecular weight is 395 g/mol. The molecule has 0 spiro atoms. The van der Waals surface area contributed by atoms with E-state index < -0.39 is 0 Å². The van der Waals surface area contributed by atoms with Gasteiger partial charge >= 0.3 is 0 Å². The zero-order valence-electron chi connectivity index (χ0n) is 16.9. The summed E-state index contributed by atoms with van der Waals surface area (Å²) in [4.78, 5) is 27.0. The van der Waals surface area contributed by atoms with Gasteiger partial charge in [0.2, 0.25) is 11.8 Å². The zero-order valence-corrected chi connectivity index (χ0v) is 16.9. The highest BCUT2D eigenvalue weighted by Crippen LogP contribution is 2.27. The first-order chi connectivity index (χ1) is 14.2. The standard InChI is InChI=1S/C23H30N4O2/c28-22-12-11-20(17-26(22)15-18-7-3-1-4-8-18)23(29)24-13-19-14-25-27(16-19)21-9-5-2-6-10-21/h2,5-6,9-10,14,16,18,20H,1,3-4,7-8,11-13,15,17H2,(H,24,29). The van der Waals surface area contributed by atoms with Crippen LogP contribution in [0.1, 0.15) is 50.5 Å². The Balaban J connectivity index is 1.29. The Hall–Kier alpha value is -2.63. The van der Waals surface area contributed by atoms with Gasteiger partial charge in [0, 0.05) is 37.8 Å². The van der Waals surface area contributed by atoms with Crippen molar-refractivity contribution in [3.05, 3.63) is 48.3 Å². The van der Waals surface area contributed by atoms with Crippen LogP contribution in [0.5, 0.6) is 0 Å². The third-order valence-electron chi connectivity index (χ3n) is 6.20. The number of nitrogens with one attached hydrogen (secondary N) is 1. The molecule has 29 heavy (non-hydrogen) atoms. The van der Waals surface area contributed by atoms with Crippen LogP contribution in [0, 0.1) is 11.8 Å².